The van der Waals surface area contributed by atoms with Crippen LogP contribution < -0.4 is 5.32 Å². The minimum atomic E-state index is -3.77. The van der Waals surface area contributed by atoms with Gasteiger partial charge in [0.25, 0.3) is 0 Å². The van der Waals surface area contributed by atoms with E-state index in [0.717, 1.165) is 0 Å². The molecule has 0 radical (unpaired) electrons. The number of sulfone groups is 1. The van der Waals surface area contributed by atoms with E-state index in [1.54, 1.807) is 0 Å². The summed E-state index contributed by atoms with van der Waals surface area (Å²) in [4.78, 5) is 22.3. The lowest BCUT2D eigenvalue weighted by Crippen LogP contribution is -2.41. The Kier molecular flexibility index (Phi) is 7.62. The standard InChI is InChI=1S/C11H21NO6S/c1-8(11(14)15)7-19(16,17)9(2)10(13)12-5-4-6-18-3/h8-9H,4-7H2,1-3H3,(H,12,13)(H,14,15). The number of hydrogen-bond acceptors (Lipinski definition) is 5. The van der Waals surface area contributed by atoms with Gasteiger partial charge in [-0.3, -0.25) is 9.59 Å². The first-order valence-electron chi connectivity index (χ1n) is 5.93. The Morgan fingerprint density at radius 1 is 1.32 bits per heavy atom. The van der Waals surface area contributed by atoms with Crippen molar-refractivity contribution in [1.29, 1.82) is 0 Å². The molecule has 0 spiro atoms. The Labute approximate surface area is 113 Å². The quantitative estimate of drug-likeness (QED) is 0.563. The molecule has 0 aromatic heterocycles. The Bertz CT molecular complexity index is 405. The smallest absolute Gasteiger partial charge is 0.307 e. The number of amides is 1. The first-order valence-corrected chi connectivity index (χ1v) is 7.65. The molecule has 112 valence electrons. The molecule has 0 aliphatic carbocycles. The summed E-state index contributed by atoms with van der Waals surface area (Å²) < 4.78 is 28.4. The second kappa shape index (κ2) is 8.11. The van der Waals surface area contributed by atoms with Gasteiger partial charge >= 0.3 is 5.97 Å². The van der Waals surface area contributed by atoms with E-state index >= 15 is 0 Å². The lowest BCUT2D eigenvalue weighted by molar-refractivity contribution is -0.140. The van der Waals surface area contributed by atoms with Crippen molar-refractivity contribution >= 4 is 21.7 Å². The van der Waals surface area contributed by atoms with Gasteiger partial charge in [-0.2, -0.15) is 0 Å². The Balaban J connectivity index is 4.41. The molecule has 1 amide bonds. The zero-order chi connectivity index (χ0) is 15.1. The van der Waals surface area contributed by atoms with Crippen LogP contribution in [0.5, 0.6) is 0 Å². The molecule has 0 heterocycles. The fourth-order valence-electron chi connectivity index (χ4n) is 1.30. The lowest BCUT2D eigenvalue weighted by Gasteiger charge is -2.14. The van der Waals surface area contributed by atoms with Crippen LogP contribution in [0.2, 0.25) is 0 Å². The van der Waals surface area contributed by atoms with E-state index in [2.05, 4.69) is 5.32 Å². The van der Waals surface area contributed by atoms with Crippen LogP contribution in [0.1, 0.15) is 20.3 Å². The summed E-state index contributed by atoms with van der Waals surface area (Å²) >= 11 is 0. The monoisotopic (exact) mass is 295 g/mol. The van der Waals surface area contributed by atoms with Crippen LogP contribution in [-0.4, -0.2) is 56.7 Å². The number of hydrogen-bond donors (Lipinski definition) is 2. The predicted molar refractivity (Wildman–Crippen MR) is 69.6 cm³/mol. The molecule has 0 aromatic rings. The van der Waals surface area contributed by atoms with Gasteiger partial charge in [-0.25, -0.2) is 8.42 Å². The molecule has 0 fully saturated rings. The molecule has 0 aliphatic rings. The summed E-state index contributed by atoms with van der Waals surface area (Å²) in [5, 5.41) is 9.91. The van der Waals surface area contributed by atoms with Crippen LogP contribution in [0.3, 0.4) is 0 Å². The number of carbonyl (C=O) groups is 2. The Morgan fingerprint density at radius 2 is 1.89 bits per heavy atom. The zero-order valence-corrected chi connectivity index (χ0v) is 12.2. The van der Waals surface area contributed by atoms with E-state index in [0.29, 0.717) is 19.6 Å². The molecule has 0 saturated carbocycles. The number of carbonyl (C=O) groups excluding carboxylic acids is 1. The van der Waals surface area contributed by atoms with Crippen LogP contribution in [0.25, 0.3) is 0 Å². The maximum absolute atomic E-state index is 11.8. The molecule has 0 aromatic carbocycles. The minimum Gasteiger partial charge on any atom is -0.481 e. The van der Waals surface area contributed by atoms with Gasteiger partial charge in [0, 0.05) is 20.3 Å². The molecule has 19 heavy (non-hydrogen) atoms. The number of ether oxygens (including phenoxy) is 1. The first-order chi connectivity index (χ1) is 8.72. The fourth-order valence-corrected chi connectivity index (χ4v) is 2.84. The molecule has 8 heteroatoms. The van der Waals surface area contributed by atoms with E-state index < -0.39 is 38.6 Å². The summed E-state index contributed by atoms with van der Waals surface area (Å²) in [6.45, 7) is 3.34. The van der Waals surface area contributed by atoms with Gasteiger partial charge in [0.2, 0.25) is 5.91 Å². The summed E-state index contributed by atoms with van der Waals surface area (Å²) in [7, 11) is -2.24. The molecule has 2 N–H and O–H groups in total. The van der Waals surface area contributed by atoms with Crippen molar-refractivity contribution in [1.82, 2.24) is 5.32 Å². The second-order valence-electron chi connectivity index (χ2n) is 4.35. The number of carboxylic acid groups (broad SMARTS) is 1. The molecule has 7 nitrogen and oxygen atoms in total. The van der Waals surface area contributed by atoms with Crippen molar-refractivity contribution in [3.8, 4) is 0 Å². The van der Waals surface area contributed by atoms with Gasteiger partial charge < -0.3 is 15.2 Å². The van der Waals surface area contributed by atoms with Crippen molar-refractivity contribution in [2.24, 2.45) is 5.92 Å². The highest BCUT2D eigenvalue weighted by atomic mass is 32.2. The van der Waals surface area contributed by atoms with Crippen molar-refractivity contribution in [3.63, 3.8) is 0 Å². The predicted octanol–water partition coefficient (Wildman–Crippen LogP) is -0.337. The Hall–Kier alpha value is -1.15. The lowest BCUT2D eigenvalue weighted by atomic mass is 10.2. The maximum atomic E-state index is 11.8. The zero-order valence-electron chi connectivity index (χ0n) is 11.4. The van der Waals surface area contributed by atoms with Gasteiger partial charge in [0.1, 0.15) is 5.25 Å². The SMILES string of the molecule is COCCCNC(=O)C(C)S(=O)(=O)CC(C)C(=O)O. The highest BCUT2D eigenvalue weighted by Gasteiger charge is 2.31. The van der Waals surface area contributed by atoms with Gasteiger partial charge in [0.15, 0.2) is 9.84 Å². The average molecular weight is 295 g/mol. The normalized spacial score (nSPS) is 14.7. The third-order valence-electron chi connectivity index (χ3n) is 2.64. The van der Waals surface area contributed by atoms with Crippen LogP contribution in [0, 0.1) is 5.92 Å². The van der Waals surface area contributed by atoms with Gasteiger partial charge in [-0.15, -0.1) is 0 Å². The van der Waals surface area contributed by atoms with Crippen LogP contribution in [0.4, 0.5) is 0 Å². The van der Waals surface area contributed by atoms with Crippen molar-refractivity contribution in [3.05, 3.63) is 0 Å². The molecule has 0 aliphatic heterocycles. The molecule has 2 unspecified atom stereocenters. The molecule has 0 bridgehead atoms. The number of methoxy groups -OCH3 is 1. The third kappa shape index (κ3) is 6.53. The van der Waals surface area contributed by atoms with E-state index in [4.69, 9.17) is 9.84 Å². The van der Waals surface area contributed by atoms with Gasteiger partial charge in [-0.1, -0.05) is 6.92 Å². The highest BCUT2D eigenvalue weighted by molar-refractivity contribution is 7.92. The number of rotatable bonds is 9. The summed E-state index contributed by atoms with van der Waals surface area (Å²) in [6, 6.07) is 0. The molecule has 0 saturated heterocycles. The Morgan fingerprint density at radius 3 is 2.37 bits per heavy atom. The highest BCUT2D eigenvalue weighted by Crippen LogP contribution is 2.08. The summed E-state index contributed by atoms with van der Waals surface area (Å²) in [5.74, 6) is -3.40. The third-order valence-corrected chi connectivity index (χ3v) is 4.89. The van der Waals surface area contributed by atoms with Gasteiger partial charge in [0.05, 0.1) is 11.7 Å². The molecular weight excluding hydrogens is 274 g/mol. The largest absolute Gasteiger partial charge is 0.481 e. The van der Waals surface area contributed by atoms with E-state index in [9.17, 15) is 18.0 Å². The molecule has 2 atom stereocenters. The summed E-state index contributed by atoms with van der Waals surface area (Å²) in [6.07, 6.45) is 0.584. The van der Waals surface area contributed by atoms with E-state index in [1.807, 2.05) is 0 Å². The van der Waals surface area contributed by atoms with Gasteiger partial charge in [-0.05, 0) is 13.3 Å². The minimum absolute atomic E-state index is 0.320. The van der Waals surface area contributed by atoms with E-state index in [-0.39, 0.29) is 0 Å². The maximum Gasteiger partial charge on any atom is 0.307 e. The van der Waals surface area contributed by atoms with Crippen molar-refractivity contribution in [2.75, 3.05) is 26.0 Å². The van der Waals surface area contributed by atoms with Crippen LogP contribution >= 0.6 is 0 Å². The number of aliphatic carboxylic acids is 1. The topological polar surface area (TPSA) is 110 Å². The number of carboxylic acids is 1. The number of nitrogens with one attached hydrogen (secondary N) is 1. The average Bonchev–Trinajstić information content (AvgIpc) is 2.32. The second-order valence-corrected chi connectivity index (χ2v) is 6.71. The van der Waals surface area contributed by atoms with Crippen molar-refractivity contribution in [2.45, 2.75) is 25.5 Å². The molecule has 0 rings (SSSR count). The van der Waals surface area contributed by atoms with Crippen molar-refractivity contribution < 1.29 is 27.9 Å². The fraction of sp³-hybridized carbons (Fsp3) is 0.818. The first kappa shape index (κ1) is 17.8. The summed E-state index contributed by atoms with van der Waals surface area (Å²) in [5.41, 5.74) is 0. The molecular formula is C11H21NO6S. The van der Waals surface area contributed by atoms with Crippen LogP contribution in [0.15, 0.2) is 0 Å². The van der Waals surface area contributed by atoms with Crippen LogP contribution in [-0.2, 0) is 24.2 Å². The van der Waals surface area contributed by atoms with E-state index in [1.165, 1.54) is 21.0 Å².